The zero-order valence-corrected chi connectivity index (χ0v) is 9.86. The van der Waals surface area contributed by atoms with Gasteiger partial charge in [0.15, 0.2) is 5.82 Å². The molecule has 98 valence electrons. The molecular weight excluding hydrogens is 257 g/mol. The Kier molecular flexibility index (Phi) is 3.17. The quantitative estimate of drug-likeness (QED) is 0.908. The van der Waals surface area contributed by atoms with Crippen LogP contribution in [0.5, 0.6) is 0 Å². The average molecular weight is 266 g/mol. The van der Waals surface area contributed by atoms with Crippen LogP contribution in [0.2, 0.25) is 0 Å². The van der Waals surface area contributed by atoms with Crippen LogP contribution in [0, 0.1) is 11.3 Å². The molecule has 0 fully saturated rings. The SMILES string of the molecule is Cn1ccc(Nc2ccc(C#N)c(C(F)(F)F)c2)n1. The first kappa shape index (κ1) is 13.0. The minimum Gasteiger partial charge on any atom is -0.339 e. The molecule has 0 bridgehead atoms. The highest BCUT2D eigenvalue weighted by Crippen LogP contribution is 2.34. The summed E-state index contributed by atoms with van der Waals surface area (Å²) in [5.74, 6) is 0.431. The van der Waals surface area contributed by atoms with Crippen LogP contribution in [0.4, 0.5) is 24.7 Å². The van der Waals surface area contributed by atoms with Gasteiger partial charge in [-0.2, -0.15) is 23.5 Å². The molecule has 1 aromatic heterocycles. The molecule has 7 heteroatoms. The van der Waals surface area contributed by atoms with Gasteiger partial charge in [-0.1, -0.05) is 0 Å². The predicted octanol–water partition coefficient (Wildman–Crippen LogP) is 3.05. The second kappa shape index (κ2) is 4.65. The third kappa shape index (κ3) is 2.85. The van der Waals surface area contributed by atoms with Gasteiger partial charge in [0.25, 0.3) is 0 Å². The second-order valence-electron chi connectivity index (χ2n) is 3.87. The van der Waals surface area contributed by atoms with Crippen molar-refractivity contribution in [1.82, 2.24) is 9.78 Å². The number of aryl methyl sites for hydroxylation is 1. The van der Waals surface area contributed by atoms with Crippen molar-refractivity contribution in [2.24, 2.45) is 7.05 Å². The van der Waals surface area contributed by atoms with Crippen LogP contribution in [-0.2, 0) is 13.2 Å². The van der Waals surface area contributed by atoms with Crippen LogP contribution in [0.1, 0.15) is 11.1 Å². The number of rotatable bonds is 2. The minimum atomic E-state index is -4.56. The predicted molar refractivity (Wildman–Crippen MR) is 62.6 cm³/mol. The Morgan fingerprint density at radius 2 is 2.05 bits per heavy atom. The smallest absolute Gasteiger partial charge is 0.339 e. The minimum absolute atomic E-state index is 0.227. The number of alkyl halides is 3. The van der Waals surface area contributed by atoms with Crippen molar-refractivity contribution in [3.8, 4) is 6.07 Å². The van der Waals surface area contributed by atoms with Gasteiger partial charge in [0, 0.05) is 25.0 Å². The van der Waals surface area contributed by atoms with Gasteiger partial charge in [0.1, 0.15) is 0 Å². The lowest BCUT2D eigenvalue weighted by atomic mass is 10.1. The largest absolute Gasteiger partial charge is 0.417 e. The molecule has 1 heterocycles. The lowest BCUT2D eigenvalue weighted by Crippen LogP contribution is -2.08. The summed E-state index contributed by atoms with van der Waals surface area (Å²) in [6.07, 6.45) is -2.90. The van der Waals surface area contributed by atoms with Crippen molar-refractivity contribution < 1.29 is 13.2 Å². The summed E-state index contributed by atoms with van der Waals surface area (Å²) in [5.41, 5.74) is -1.14. The molecule has 2 rings (SSSR count). The van der Waals surface area contributed by atoms with Crippen molar-refractivity contribution in [3.05, 3.63) is 41.6 Å². The molecule has 0 aliphatic rings. The molecule has 0 saturated carbocycles. The van der Waals surface area contributed by atoms with Gasteiger partial charge in [-0.05, 0) is 18.2 Å². The molecule has 0 aliphatic heterocycles. The highest BCUT2D eigenvalue weighted by Gasteiger charge is 2.33. The number of nitriles is 1. The Morgan fingerprint density at radius 1 is 1.32 bits per heavy atom. The average Bonchev–Trinajstić information content (AvgIpc) is 2.73. The van der Waals surface area contributed by atoms with Crippen molar-refractivity contribution >= 4 is 11.5 Å². The van der Waals surface area contributed by atoms with E-state index in [0.717, 1.165) is 12.1 Å². The molecule has 4 nitrogen and oxygen atoms in total. The van der Waals surface area contributed by atoms with Crippen LogP contribution >= 0.6 is 0 Å². The molecule has 0 amide bonds. The lowest BCUT2D eigenvalue weighted by molar-refractivity contribution is -0.137. The summed E-state index contributed by atoms with van der Waals surface area (Å²) in [6.45, 7) is 0. The Bertz CT molecular complexity index is 637. The van der Waals surface area contributed by atoms with E-state index in [1.54, 1.807) is 19.3 Å². The summed E-state index contributed by atoms with van der Waals surface area (Å²) < 4.78 is 39.8. The van der Waals surface area contributed by atoms with Gasteiger partial charge in [-0.15, -0.1) is 0 Å². The number of hydrogen-bond donors (Lipinski definition) is 1. The zero-order chi connectivity index (χ0) is 14.0. The fraction of sp³-hybridized carbons (Fsp3) is 0.167. The first-order chi connectivity index (χ1) is 8.90. The summed E-state index contributed by atoms with van der Waals surface area (Å²) in [4.78, 5) is 0. The van der Waals surface area contributed by atoms with Crippen LogP contribution in [0.25, 0.3) is 0 Å². The van der Waals surface area contributed by atoms with E-state index in [2.05, 4.69) is 10.4 Å². The van der Waals surface area contributed by atoms with Crippen LogP contribution in [0.15, 0.2) is 30.5 Å². The van der Waals surface area contributed by atoms with E-state index in [1.165, 1.54) is 16.8 Å². The molecule has 0 atom stereocenters. The Balaban J connectivity index is 2.36. The maximum Gasteiger partial charge on any atom is 0.417 e. The normalized spacial score (nSPS) is 11.1. The fourth-order valence-electron chi connectivity index (χ4n) is 1.58. The van der Waals surface area contributed by atoms with Crippen LogP contribution in [-0.4, -0.2) is 9.78 Å². The molecular formula is C12H9F3N4. The lowest BCUT2D eigenvalue weighted by Gasteiger charge is -2.11. The van der Waals surface area contributed by atoms with Crippen LogP contribution in [0.3, 0.4) is 0 Å². The fourth-order valence-corrected chi connectivity index (χ4v) is 1.58. The van der Waals surface area contributed by atoms with E-state index in [0.29, 0.717) is 5.82 Å². The molecule has 0 aliphatic carbocycles. The first-order valence-electron chi connectivity index (χ1n) is 5.28. The number of aromatic nitrogens is 2. The second-order valence-corrected chi connectivity index (χ2v) is 3.87. The van der Waals surface area contributed by atoms with Gasteiger partial charge in [-0.3, -0.25) is 4.68 Å². The maximum atomic E-state index is 12.8. The molecule has 0 radical (unpaired) electrons. The number of anilines is 2. The number of benzene rings is 1. The molecule has 0 spiro atoms. The highest BCUT2D eigenvalue weighted by molar-refractivity contribution is 5.59. The third-order valence-corrected chi connectivity index (χ3v) is 2.43. The van der Waals surface area contributed by atoms with Crippen molar-refractivity contribution in [2.45, 2.75) is 6.18 Å². The third-order valence-electron chi connectivity index (χ3n) is 2.43. The summed E-state index contributed by atoms with van der Waals surface area (Å²) in [5, 5.41) is 15.4. The maximum absolute atomic E-state index is 12.8. The van der Waals surface area contributed by atoms with Gasteiger partial charge in [0.2, 0.25) is 0 Å². The molecule has 2 aromatic rings. The number of hydrogen-bond acceptors (Lipinski definition) is 3. The van der Waals surface area contributed by atoms with Crippen molar-refractivity contribution in [3.63, 3.8) is 0 Å². The summed E-state index contributed by atoms with van der Waals surface area (Å²) in [7, 11) is 1.70. The highest BCUT2D eigenvalue weighted by atomic mass is 19.4. The molecule has 1 N–H and O–H groups in total. The number of nitrogens with zero attached hydrogens (tertiary/aromatic N) is 3. The number of halogens is 3. The van der Waals surface area contributed by atoms with Gasteiger partial charge in [-0.25, -0.2) is 0 Å². The molecule has 0 saturated heterocycles. The topological polar surface area (TPSA) is 53.6 Å². The van der Waals surface area contributed by atoms with E-state index in [9.17, 15) is 13.2 Å². The van der Waals surface area contributed by atoms with Gasteiger partial charge in [0.05, 0.1) is 17.2 Å². The Labute approximate surface area is 107 Å². The standard InChI is InChI=1S/C12H9F3N4/c1-19-5-4-11(18-19)17-9-3-2-8(7-16)10(6-9)12(13,14)15/h2-6H,1H3,(H,17,18). The summed E-state index contributed by atoms with van der Waals surface area (Å²) >= 11 is 0. The van der Waals surface area contributed by atoms with E-state index in [4.69, 9.17) is 5.26 Å². The van der Waals surface area contributed by atoms with Crippen molar-refractivity contribution in [2.75, 3.05) is 5.32 Å². The molecule has 1 aromatic carbocycles. The van der Waals surface area contributed by atoms with E-state index >= 15 is 0 Å². The van der Waals surface area contributed by atoms with E-state index < -0.39 is 17.3 Å². The van der Waals surface area contributed by atoms with E-state index in [-0.39, 0.29) is 5.69 Å². The zero-order valence-electron chi connectivity index (χ0n) is 9.86. The number of nitrogens with one attached hydrogen (secondary N) is 1. The van der Waals surface area contributed by atoms with Gasteiger partial charge >= 0.3 is 6.18 Å². The molecule has 19 heavy (non-hydrogen) atoms. The molecule has 0 unspecified atom stereocenters. The van der Waals surface area contributed by atoms with Gasteiger partial charge < -0.3 is 5.32 Å². The summed E-state index contributed by atoms with van der Waals surface area (Å²) in [6, 6.07) is 6.59. The first-order valence-corrected chi connectivity index (χ1v) is 5.28. The van der Waals surface area contributed by atoms with E-state index in [1.807, 2.05) is 0 Å². The Morgan fingerprint density at radius 3 is 2.58 bits per heavy atom. The van der Waals surface area contributed by atoms with Crippen LogP contribution < -0.4 is 5.32 Å². The van der Waals surface area contributed by atoms with Crippen molar-refractivity contribution in [1.29, 1.82) is 5.26 Å². The monoisotopic (exact) mass is 266 g/mol. The Hall–Kier alpha value is -2.49.